The van der Waals surface area contributed by atoms with Crippen LogP contribution >= 0.6 is 11.8 Å². The molecular formula is C30H27N3O4S. The number of ether oxygens (including phenoxy) is 3. The zero-order valence-electron chi connectivity index (χ0n) is 21.6. The largest absolute Gasteiger partial charge is 0.493 e. The minimum absolute atomic E-state index is 0.0859. The lowest BCUT2D eigenvalue weighted by molar-refractivity contribution is -0.113. The Balaban J connectivity index is 1.78. The lowest BCUT2D eigenvalue weighted by atomic mass is 9.98. The maximum Gasteiger partial charge on any atom is 0.234 e. The summed E-state index contributed by atoms with van der Waals surface area (Å²) in [4.78, 5) is 17.5. The molecule has 1 amide bonds. The van der Waals surface area contributed by atoms with Gasteiger partial charge in [0, 0.05) is 16.8 Å². The Hall–Kier alpha value is -4.48. The van der Waals surface area contributed by atoms with Crippen molar-refractivity contribution in [3.8, 4) is 45.7 Å². The summed E-state index contributed by atoms with van der Waals surface area (Å²) in [6, 6.07) is 25.0. The number of nitrogens with one attached hydrogen (secondary N) is 1. The third-order valence-corrected chi connectivity index (χ3v) is 6.76. The van der Waals surface area contributed by atoms with Crippen molar-refractivity contribution in [2.75, 3.05) is 32.4 Å². The van der Waals surface area contributed by atoms with Crippen LogP contribution in [0.1, 0.15) is 11.1 Å². The van der Waals surface area contributed by atoms with Crippen molar-refractivity contribution in [1.29, 1.82) is 5.26 Å². The van der Waals surface area contributed by atoms with Crippen molar-refractivity contribution in [2.24, 2.45) is 0 Å². The van der Waals surface area contributed by atoms with Gasteiger partial charge in [0.25, 0.3) is 0 Å². The van der Waals surface area contributed by atoms with Crippen LogP contribution in [0, 0.1) is 18.3 Å². The highest BCUT2D eigenvalue weighted by Gasteiger charge is 2.20. The maximum absolute atomic E-state index is 12.8. The van der Waals surface area contributed by atoms with Gasteiger partial charge in [0.1, 0.15) is 11.1 Å². The number of methoxy groups -OCH3 is 3. The highest BCUT2D eigenvalue weighted by Crippen LogP contribution is 2.43. The molecule has 0 radical (unpaired) electrons. The zero-order chi connectivity index (χ0) is 27.1. The van der Waals surface area contributed by atoms with Crippen molar-refractivity contribution >= 4 is 23.4 Å². The van der Waals surface area contributed by atoms with E-state index in [1.165, 1.54) is 18.9 Å². The number of carbonyl (C=O) groups excluding carboxylic acids is 1. The molecule has 4 aromatic rings. The van der Waals surface area contributed by atoms with E-state index in [9.17, 15) is 10.1 Å². The number of rotatable bonds is 9. The molecule has 8 heteroatoms. The molecule has 38 heavy (non-hydrogen) atoms. The van der Waals surface area contributed by atoms with Crippen LogP contribution in [-0.2, 0) is 4.79 Å². The third kappa shape index (κ3) is 5.90. The molecule has 0 unspecified atom stereocenters. The van der Waals surface area contributed by atoms with Gasteiger partial charge in [0.15, 0.2) is 11.5 Å². The molecule has 1 heterocycles. The summed E-state index contributed by atoms with van der Waals surface area (Å²) in [6.45, 7) is 1.97. The third-order valence-electron chi connectivity index (χ3n) is 5.79. The molecule has 192 valence electrons. The standard InChI is InChI=1S/C30H27N3O4S/c1-19-9-8-12-22(13-19)32-28(34)18-38-30-24(17-31)23(16-25(33-30)20-10-6-5-7-11-20)21-14-26(35-2)29(37-4)27(15-21)36-3/h5-16H,18H2,1-4H3,(H,32,34). The van der Waals surface area contributed by atoms with Crippen LogP contribution in [0.4, 0.5) is 5.69 Å². The van der Waals surface area contributed by atoms with Gasteiger partial charge in [-0.25, -0.2) is 4.98 Å². The summed E-state index contributed by atoms with van der Waals surface area (Å²) < 4.78 is 16.6. The van der Waals surface area contributed by atoms with Gasteiger partial charge in [-0.1, -0.05) is 54.2 Å². The van der Waals surface area contributed by atoms with Crippen LogP contribution in [0.25, 0.3) is 22.4 Å². The number of hydrogen-bond acceptors (Lipinski definition) is 7. The number of pyridine rings is 1. The molecule has 3 aromatic carbocycles. The first kappa shape index (κ1) is 26.6. The van der Waals surface area contributed by atoms with E-state index in [1.807, 2.05) is 67.6 Å². The van der Waals surface area contributed by atoms with E-state index in [1.54, 1.807) is 26.4 Å². The molecule has 4 rings (SSSR count). The summed E-state index contributed by atoms with van der Waals surface area (Å²) in [5.41, 5.74) is 5.03. The highest BCUT2D eigenvalue weighted by atomic mass is 32.2. The van der Waals surface area contributed by atoms with E-state index in [0.29, 0.717) is 44.7 Å². The van der Waals surface area contributed by atoms with Crippen molar-refractivity contribution in [1.82, 2.24) is 4.98 Å². The predicted molar refractivity (Wildman–Crippen MR) is 150 cm³/mol. The molecule has 0 aliphatic rings. The van der Waals surface area contributed by atoms with E-state index in [4.69, 9.17) is 19.2 Å². The second-order valence-electron chi connectivity index (χ2n) is 8.33. The van der Waals surface area contributed by atoms with Crippen molar-refractivity contribution < 1.29 is 19.0 Å². The Morgan fingerprint density at radius 2 is 1.63 bits per heavy atom. The van der Waals surface area contributed by atoms with Gasteiger partial charge in [-0.05, 0) is 48.4 Å². The number of aryl methyl sites for hydroxylation is 1. The number of aromatic nitrogens is 1. The van der Waals surface area contributed by atoms with E-state index >= 15 is 0 Å². The molecule has 1 aromatic heterocycles. The maximum atomic E-state index is 12.8. The first-order chi connectivity index (χ1) is 18.5. The Bertz CT molecular complexity index is 1470. The van der Waals surface area contributed by atoms with Gasteiger partial charge in [-0.3, -0.25) is 4.79 Å². The molecule has 0 spiro atoms. The summed E-state index contributed by atoms with van der Waals surface area (Å²) in [7, 11) is 4.63. The molecule has 7 nitrogen and oxygen atoms in total. The molecule has 0 aliphatic heterocycles. The number of nitrogens with zero attached hydrogens (tertiary/aromatic N) is 2. The smallest absolute Gasteiger partial charge is 0.234 e. The number of benzene rings is 3. The monoisotopic (exact) mass is 525 g/mol. The summed E-state index contributed by atoms with van der Waals surface area (Å²) in [5.74, 6) is 1.29. The SMILES string of the molecule is COc1cc(-c2cc(-c3ccccc3)nc(SCC(=O)Nc3cccc(C)c3)c2C#N)cc(OC)c1OC. The van der Waals surface area contributed by atoms with Crippen molar-refractivity contribution in [3.63, 3.8) is 0 Å². The second kappa shape index (κ2) is 12.2. The second-order valence-corrected chi connectivity index (χ2v) is 9.30. The minimum Gasteiger partial charge on any atom is -0.493 e. The number of carbonyl (C=O) groups is 1. The number of anilines is 1. The summed E-state index contributed by atoms with van der Waals surface area (Å²) >= 11 is 1.22. The van der Waals surface area contributed by atoms with Gasteiger partial charge in [-0.15, -0.1) is 0 Å². The number of hydrogen-bond donors (Lipinski definition) is 1. The molecule has 1 N–H and O–H groups in total. The Morgan fingerprint density at radius 1 is 0.921 bits per heavy atom. The Labute approximate surface area is 226 Å². The van der Waals surface area contributed by atoms with Crippen molar-refractivity contribution in [2.45, 2.75) is 11.9 Å². The number of thioether (sulfide) groups is 1. The van der Waals surface area contributed by atoms with Crippen LogP contribution < -0.4 is 19.5 Å². The molecule has 0 bridgehead atoms. The quantitative estimate of drug-likeness (QED) is 0.254. The lowest BCUT2D eigenvalue weighted by Gasteiger charge is -2.16. The van der Waals surface area contributed by atoms with E-state index < -0.39 is 0 Å². The van der Waals surface area contributed by atoms with Gasteiger partial charge in [0.05, 0.1) is 38.3 Å². The van der Waals surface area contributed by atoms with Crippen molar-refractivity contribution in [3.05, 3.63) is 83.9 Å². The zero-order valence-corrected chi connectivity index (χ0v) is 22.4. The molecule has 0 saturated carbocycles. The molecular weight excluding hydrogens is 498 g/mol. The Morgan fingerprint density at radius 3 is 2.24 bits per heavy atom. The molecule has 0 atom stereocenters. The van der Waals surface area contributed by atoms with Crippen LogP contribution in [0.3, 0.4) is 0 Å². The topological polar surface area (TPSA) is 93.5 Å². The highest BCUT2D eigenvalue weighted by molar-refractivity contribution is 8.00. The normalized spacial score (nSPS) is 10.4. The lowest BCUT2D eigenvalue weighted by Crippen LogP contribution is -2.14. The molecule has 0 aliphatic carbocycles. The van der Waals surface area contributed by atoms with Gasteiger partial charge in [0.2, 0.25) is 11.7 Å². The fourth-order valence-electron chi connectivity index (χ4n) is 4.01. The summed E-state index contributed by atoms with van der Waals surface area (Å²) in [6.07, 6.45) is 0. The van der Waals surface area contributed by atoms with Crippen LogP contribution in [-0.4, -0.2) is 38.0 Å². The van der Waals surface area contributed by atoms with Gasteiger partial charge in [-0.2, -0.15) is 5.26 Å². The van der Waals surface area contributed by atoms with Crippen LogP contribution in [0.15, 0.2) is 77.8 Å². The van der Waals surface area contributed by atoms with Crippen LogP contribution in [0.2, 0.25) is 0 Å². The fourth-order valence-corrected chi connectivity index (χ4v) is 4.81. The van der Waals surface area contributed by atoms with Gasteiger partial charge < -0.3 is 19.5 Å². The first-order valence-corrected chi connectivity index (χ1v) is 12.8. The Kier molecular flexibility index (Phi) is 8.51. The van der Waals surface area contributed by atoms with Gasteiger partial charge >= 0.3 is 0 Å². The number of amides is 1. The average molecular weight is 526 g/mol. The average Bonchev–Trinajstić information content (AvgIpc) is 2.95. The minimum atomic E-state index is -0.189. The molecule has 0 fully saturated rings. The number of nitriles is 1. The first-order valence-electron chi connectivity index (χ1n) is 11.8. The van der Waals surface area contributed by atoms with E-state index in [2.05, 4.69) is 11.4 Å². The van der Waals surface area contributed by atoms with E-state index in [0.717, 1.165) is 16.8 Å². The predicted octanol–water partition coefficient (Wildman–Crippen LogP) is 6.35. The molecule has 0 saturated heterocycles. The van der Waals surface area contributed by atoms with E-state index in [-0.39, 0.29) is 11.7 Å². The van der Waals surface area contributed by atoms with Crippen LogP contribution in [0.5, 0.6) is 17.2 Å². The summed E-state index contributed by atoms with van der Waals surface area (Å²) in [5, 5.41) is 13.6. The fraction of sp³-hybridized carbons (Fsp3) is 0.167.